The van der Waals surface area contributed by atoms with Crippen LogP contribution in [0.4, 0.5) is 0 Å². The van der Waals surface area contributed by atoms with Crippen molar-refractivity contribution in [1.29, 1.82) is 0 Å². The normalized spacial score (nSPS) is 11.5. The molecule has 0 N–H and O–H groups in total. The van der Waals surface area contributed by atoms with Crippen molar-refractivity contribution in [2.75, 3.05) is 0 Å². The minimum atomic E-state index is 0.955. The van der Waals surface area contributed by atoms with Crippen molar-refractivity contribution < 1.29 is 0 Å². The Bertz CT molecular complexity index is 919. The molecule has 0 aliphatic rings. The number of benzene rings is 1. The third-order valence-corrected chi connectivity index (χ3v) is 4.66. The fourth-order valence-electron chi connectivity index (χ4n) is 2.54. The molecular formula is C16H13N3S. The molecule has 98 valence electrons. The zero-order valence-electron chi connectivity index (χ0n) is 11.3. The summed E-state index contributed by atoms with van der Waals surface area (Å²) in [7, 11) is 0. The van der Waals surface area contributed by atoms with Gasteiger partial charge in [0.1, 0.15) is 4.83 Å². The zero-order chi connectivity index (χ0) is 13.7. The van der Waals surface area contributed by atoms with Crippen LogP contribution in [0.3, 0.4) is 0 Å². The van der Waals surface area contributed by atoms with Gasteiger partial charge in [0.2, 0.25) is 0 Å². The van der Waals surface area contributed by atoms with Crippen molar-refractivity contribution in [2.45, 2.75) is 13.8 Å². The maximum Gasteiger partial charge on any atom is 0.159 e. The summed E-state index contributed by atoms with van der Waals surface area (Å²) in [6, 6.07) is 12.6. The molecule has 0 unspecified atom stereocenters. The van der Waals surface area contributed by atoms with Crippen molar-refractivity contribution in [3.05, 3.63) is 54.0 Å². The van der Waals surface area contributed by atoms with Gasteiger partial charge in [-0.2, -0.15) is 0 Å². The summed E-state index contributed by atoms with van der Waals surface area (Å²) in [5.74, 6) is 0. The second kappa shape index (κ2) is 4.15. The number of fused-ring (bicyclic) bond motifs is 3. The van der Waals surface area contributed by atoms with Gasteiger partial charge in [0.25, 0.3) is 0 Å². The Morgan fingerprint density at radius 3 is 2.70 bits per heavy atom. The fourth-order valence-corrected chi connectivity index (χ4v) is 3.70. The first-order valence-electron chi connectivity index (χ1n) is 6.53. The molecule has 0 amide bonds. The molecule has 0 fully saturated rings. The zero-order valence-corrected chi connectivity index (χ0v) is 12.1. The monoisotopic (exact) mass is 279 g/mol. The lowest BCUT2D eigenvalue weighted by atomic mass is 10.2. The van der Waals surface area contributed by atoms with Crippen molar-refractivity contribution in [2.24, 2.45) is 0 Å². The Balaban J connectivity index is 2.09. The molecule has 0 atom stereocenters. The molecule has 3 aromatic heterocycles. The van der Waals surface area contributed by atoms with E-state index in [0.717, 1.165) is 22.6 Å². The molecule has 0 bridgehead atoms. The first-order chi connectivity index (χ1) is 9.74. The summed E-state index contributed by atoms with van der Waals surface area (Å²) in [6.45, 7) is 4.10. The van der Waals surface area contributed by atoms with Crippen LogP contribution in [-0.4, -0.2) is 14.4 Å². The number of hydrogen-bond donors (Lipinski definition) is 0. The molecule has 4 heteroatoms. The van der Waals surface area contributed by atoms with E-state index in [1.54, 1.807) is 11.3 Å². The highest BCUT2D eigenvalue weighted by Crippen LogP contribution is 2.33. The maximum absolute atomic E-state index is 4.69. The van der Waals surface area contributed by atoms with Gasteiger partial charge in [0.05, 0.1) is 11.2 Å². The van der Waals surface area contributed by atoms with Crippen LogP contribution in [0.2, 0.25) is 0 Å². The molecule has 20 heavy (non-hydrogen) atoms. The van der Waals surface area contributed by atoms with Crippen LogP contribution in [-0.2, 0) is 0 Å². The van der Waals surface area contributed by atoms with E-state index in [0.29, 0.717) is 0 Å². The molecule has 3 heterocycles. The largest absolute Gasteiger partial charge is 0.285 e. The predicted molar refractivity (Wildman–Crippen MR) is 83.3 cm³/mol. The average molecular weight is 279 g/mol. The van der Waals surface area contributed by atoms with Gasteiger partial charge in [-0.1, -0.05) is 30.3 Å². The summed E-state index contributed by atoms with van der Waals surface area (Å²) in [6.07, 6.45) is 1.91. The van der Waals surface area contributed by atoms with E-state index in [9.17, 15) is 0 Å². The molecule has 0 aliphatic carbocycles. The molecule has 3 nitrogen and oxygen atoms in total. The Labute approximate surface area is 120 Å². The minimum absolute atomic E-state index is 0.955. The molecule has 0 aliphatic heterocycles. The minimum Gasteiger partial charge on any atom is -0.285 e. The van der Waals surface area contributed by atoms with Gasteiger partial charge in [-0.05, 0) is 25.5 Å². The quantitative estimate of drug-likeness (QED) is 0.522. The second-order valence-corrected chi connectivity index (χ2v) is 5.95. The number of imidazole rings is 1. The number of thiophene rings is 1. The summed E-state index contributed by atoms with van der Waals surface area (Å²) in [4.78, 5) is 11.6. The summed E-state index contributed by atoms with van der Waals surface area (Å²) in [5.41, 5.74) is 5.36. The molecule has 0 saturated carbocycles. The highest BCUT2D eigenvalue weighted by molar-refractivity contribution is 7.21. The van der Waals surface area contributed by atoms with E-state index in [1.807, 2.05) is 19.2 Å². The van der Waals surface area contributed by atoms with Crippen LogP contribution in [0.1, 0.15) is 11.4 Å². The SMILES string of the molecule is Cc1nc2cc(-c3ccccc3)sc2n2c(C)cnc12. The third kappa shape index (κ3) is 1.58. The van der Waals surface area contributed by atoms with Gasteiger partial charge in [-0.25, -0.2) is 9.97 Å². The van der Waals surface area contributed by atoms with E-state index in [1.165, 1.54) is 15.3 Å². The Hall–Kier alpha value is -2.20. The Morgan fingerprint density at radius 2 is 1.90 bits per heavy atom. The fraction of sp³-hybridized carbons (Fsp3) is 0.125. The summed E-state index contributed by atoms with van der Waals surface area (Å²) >= 11 is 1.77. The first-order valence-corrected chi connectivity index (χ1v) is 7.35. The number of hydrogen-bond acceptors (Lipinski definition) is 3. The van der Waals surface area contributed by atoms with Gasteiger partial charge < -0.3 is 0 Å². The Kier molecular flexibility index (Phi) is 2.41. The van der Waals surface area contributed by atoms with Crippen LogP contribution in [0.25, 0.3) is 26.4 Å². The second-order valence-electron chi connectivity index (χ2n) is 4.92. The molecule has 0 spiro atoms. The van der Waals surface area contributed by atoms with Crippen molar-refractivity contribution >= 4 is 27.3 Å². The number of rotatable bonds is 1. The number of aryl methyl sites for hydroxylation is 2. The number of nitrogens with zero attached hydrogens (tertiary/aromatic N) is 3. The van der Waals surface area contributed by atoms with E-state index in [2.05, 4.69) is 46.6 Å². The lowest BCUT2D eigenvalue weighted by molar-refractivity contribution is 1.12. The molecule has 0 saturated heterocycles. The predicted octanol–water partition coefficient (Wildman–Crippen LogP) is 4.23. The summed E-state index contributed by atoms with van der Waals surface area (Å²) < 4.78 is 2.20. The topological polar surface area (TPSA) is 30.2 Å². The molecule has 4 rings (SSSR count). The highest BCUT2D eigenvalue weighted by Gasteiger charge is 2.12. The van der Waals surface area contributed by atoms with Crippen LogP contribution < -0.4 is 0 Å². The van der Waals surface area contributed by atoms with E-state index < -0.39 is 0 Å². The van der Waals surface area contributed by atoms with Crippen LogP contribution in [0.5, 0.6) is 0 Å². The standard InChI is InChI=1S/C16H13N3S/c1-10-9-17-15-11(2)18-13-8-14(20-16(13)19(10)15)12-6-4-3-5-7-12/h3-9H,1-2H3. The Morgan fingerprint density at radius 1 is 1.10 bits per heavy atom. The van der Waals surface area contributed by atoms with Gasteiger partial charge in [0.15, 0.2) is 5.65 Å². The van der Waals surface area contributed by atoms with E-state index >= 15 is 0 Å². The van der Waals surface area contributed by atoms with E-state index in [4.69, 9.17) is 4.98 Å². The maximum atomic E-state index is 4.69. The van der Waals surface area contributed by atoms with Crippen molar-refractivity contribution in [1.82, 2.24) is 14.4 Å². The third-order valence-electron chi connectivity index (χ3n) is 3.50. The van der Waals surface area contributed by atoms with Crippen molar-refractivity contribution in [3.8, 4) is 10.4 Å². The average Bonchev–Trinajstić information content (AvgIpc) is 3.04. The van der Waals surface area contributed by atoms with Crippen molar-refractivity contribution in [3.63, 3.8) is 0 Å². The van der Waals surface area contributed by atoms with Crippen LogP contribution in [0, 0.1) is 13.8 Å². The molecule has 0 radical (unpaired) electrons. The smallest absolute Gasteiger partial charge is 0.159 e. The van der Waals surface area contributed by atoms with Crippen LogP contribution >= 0.6 is 11.3 Å². The lowest BCUT2D eigenvalue weighted by Gasteiger charge is -2.00. The highest BCUT2D eigenvalue weighted by atomic mass is 32.1. The lowest BCUT2D eigenvalue weighted by Crippen LogP contribution is -1.93. The van der Waals surface area contributed by atoms with Gasteiger partial charge in [-0.15, -0.1) is 11.3 Å². The van der Waals surface area contributed by atoms with Crippen LogP contribution in [0.15, 0.2) is 42.6 Å². The van der Waals surface area contributed by atoms with Gasteiger partial charge in [-0.3, -0.25) is 4.40 Å². The van der Waals surface area contributed by atoms with Gasteiger partial charge in [0, 0.05) is 16.8 Å². The summed E-state index contributed by atoms with van der Waals surface area (Å²) in [5, 5.41) is 0. The van der Waals surface area contributed by atoms with E-state index in [-0.39, 0.29) is 0 Å². The first kappa shape index (κ1) is 11.6. The number of aromatic nitrogens is 3. The molecule has 4 aromatic rings. The molecular weight excluding hydrogens is 266 g/mol. The molecule has 1 aromatic carbocycles. The van der Waals surface area contributed by atoms with Gasteiger partial charge >= 0.3 is 0 Å².